The molecule has 5 nitrogen and oxygen atoms in total. The van der Waals surface area contributed by atoms with Gasteiger partial charge in [0.05, 0.1) is 5.92 Å². The molecule has 1 fully saturated rings. The van der Waals surface area contributed by atoms with E-state index in [0.29, 0.717) is 25.4 Å². The number of aryl methyl sites for hydroxylation is 1. The molecule has 1 N–H and O–H groups in total. The minimum absolute atomic E-state index is 0.0820. The van der Waals surface area contributed by atoms with E-state index in [1.165, 1.54) is 6.08 Å². The molecule has 0 radical (unpaired) electrons. The van der Waals surface area contributed by atoms with Crippen LogP contribution in [0.5, 0.6) is 5.75 Å². The lowest BCUT2D eigenvalue weighted by Crippen LogP contribution is -2.53. The first-order chi connectivity index (χ1) is 12.6. The molecule has 0 spiro atoms. The van der Waals surface area contributed by atoms with Gasteiger partial charge >= 0.3 is 0 Å². The van der Waals surface area contributed by atoms with E-state index < -0.39 is 0 Å². The molecule has 3 rings (SSSR count). The highest BCUT2D eigenvalue weighted by Gasteiger charge is 2.34. The fourth-order valence-corrected chi connectivity index (χ4v) is 2.75. The highest BCUT2D eigenvalue weighted by atomic mass is 16.5. The molecular weight excluding hydrogens is 328 g/mol. The number of likely N-dealkylation sites (tertiary alicyclic amines) is 1. The Morgan fingerprint density at radius 1 is 1.23 bits per heavy atom. The highest BCUT2D eigenvalue weighted by Crippen LogP contribution is 2.25. The van der Waals surface area contributed by atoms with Gasteiger partial charge in [0.1, 0.15) is 12.4 Å². The standard InChI is InChI=1S/C21H22N2O3/c1-3-20(24)23-12-17(13-23)21(25)22-19-11-18(10-9-15(19)2)26-14-16-7-5-4-6-8-16/h3-11,17H,1,12-14H2,2H3,(H,22,25). The Hall–Kier alpha value is -3.08. The van der Waals surface area contributed by atoms with Crippen LogP contribution in [0.2, 0.25) is 0 Å². The van der Waals surface area contributed by atoms with Gasteiger partial charge in [-0.25, -0.2) is 0 Å². The number of anilines is 1. The molecule has 1 aliphatic heterocycles. The van der Waals surface area contributed by atoms with Crippen molar-refractivity contribution >= 4 is 17.5 Å². The Balaban J connectivity index is 1.58. The van der Waals surface area contributed by atoms with Crippen molar-refractivity contribution in [3.63, 3.8) is 0 Å². The van der Waals surface area contributed by atoms with Crippen molar-refractivity contribution in [2.75, 3.05) is 18.4 Å². The van der Waals surface area contributed by atoms with Crippen molar-refractivity contribution in [1.29, 1.82) is 0 Å². The van der Waals surface area contributed by atoms with E-state index in [0.717, 1.165) is 16.8 Å². The molecule has 0 aliphatic carbocycles. The van der Waals surface area contributed by atoms with Crippen LogP contribution in [-0.2, 0) is 16.2 Å². The van der Waals surface area contributed by atoms with E-state index in [1.54, 1.807) is 4.90 Å². The van der Waals surface area contributed by atoms with Crippen molar-refractivity contribution in [2.24, 2.45) is 5.92 Å². The minimum Gasteiger partial charge on any atom is -0.489 e. The number of amides is 2. The number of rotatable bonds is 6. The molecule has 2 aromatic rings. The number of carbonyl (C=O) groups is 2. The third kappa shape index (κ3) is 4.11. The van der Waals surface area contributed by atoms with Gasteiger partial charge in [-0.1, -0.05) is 43.0 Å². The lowest BCUT2D eigenvalue weighted by molar-refractivity contribution is -0.137. The summed E-state index contributed by atoms with van der Waals surface area (Å²) in [5.74, 6) is 0.293. The zero-order valence-electron chi connectivity index (χ0n) is 14.8. The number of carbonyl (C=O) groups excluding carboxylic acids is 2. The average Bonchev–Trinajstić information content (AvgIpc) is 2.61. The van der Waals surface area contributed by atoms with E-state index >= 15 is 0 Å². The maximum absolute atomic E-state index is 12.4. The number of hydrogen-bond acceptors (Lipinski definition) is 3. The zero-order chi connectivity index (χ0) is 18.5. The molecule has 1 aliphatic rings. The maximum atomic E-state index is 12.4. The summed E-state index contributed by atoms with van der Waals surface area (Å²) in [5, 5.41) is 2.95. The summed E-state index contributed by atoms with van der Waals surface area (Å²) >= 11 is 0. The summed E-state index contributed by atoms with van der Waals surface area (Å²) in [5.41, 5.74) is 2.78. The fourth-order valence-electron chi connectivity index (χ4n) is 2.75. The fraction of sp³-hybridized carbons (Fsp3) is 0.238. The van der Waals surface area contributed by atoms with Gasteiger partial charge in [0.25, 0.3) is 0 Å². The Morgan fingerprint density at radius 2 is 1.96 bits per heavy atom. The minimum atomic E-state index is -0.188. The van der Waals surface area contributed by atoms with Gasteiger partial charge in [-0.05, 0) is 30.2 Å². The molecule has 0 saturated carbocycles. The summed E-state index contributed by atoms with van der Waals surface area (Å²) in [4.78, 5) is 25.4. The van der Waals surface area contributed by atoms with E-state index in [1.807, 2.05) is 55.5 Å². The first-order valence-corrected chi connectivity index (χ1v) is 8.56. The van der Waals surface area contributed by atoms with Crippen LogP contribution in [0.3, 0.4) is 0 Å². The van der Waals surface area contributed by atoms with Gasteiger partial charge < -0.3 is 15.0 Å². The topological polar surface area (TPSA) is 58.6 Å². The second-order valence-electron chi connectivity index (χ2n) is 6.38. The summed E-state index contributed by atoms with van der Waals surface area (Å²) in [7, 11) is 0. The van der Waals surface area contributed by atoms with E-state index in [4.69, 9.17) is 4.74 Å². The maximum Gasteiger partial charge on any atom is 0.246 e. The monoisotopic (exact) mass is 350 g/mol. The predicted octanol–water partition coefficient (Wildman–Crippen LogP) is 3.16. The van der Waals surface area contributed by atoms with Crippen molar-refractivity contribution in [1.82, 2.24) is 4.90 Å². The van der Waals surface area contributed by atoms with Gasteiger partial charge in [-0.3, -0.25) is 9.59 Å². The summed E-state index contributed by atoms with van der Waals surface area (Å²) in [6.45, 7) is 6.72. The van der Waals surface area contributed by atoms with Crippen LogP contribution in [0.1, 0.15) is 11.1 Å². The lowest BCUT2D eigenvalue weighted by Gasteiger charge is -2.37. The van der Waals surface area contributed by atoms with Crippen LogP contribution in [0.4, 0.5) is 5.69 Å². The van der Waals surface area contributed by atoms with Gasteiger partial charge in [-0.15, -0.1) is 0 Å². The second kappa shape index (κ2) is 7.87. The SMILES string of the molecule is C=CC(=O)N1CC(C(=O)Nc2cc(OCc3ccccc3)ccc2C)C1. The van der Waals surface area contributed by atoms with E-state index in [-0.39, 0.29) is 17.7 Å². The average molecular weight is 350 g/mol. The Kier molecular flexibility index (Phi) is 5.37. The van der Waals surface area contributed by atoms with Crippen LogP contribution >= 0.6 is 0 Å². The second-order valence-corrected chi connectivity index (χ2v) is 6.38. The van der Waals surface area contributed by atoms with Gasteiger partial charge in [-0.2, -0.15) is 0 Å². The smallest absolute Gasteiger partial charge is 0.246 e. The third-order valence-electron chi connectivity index (χ3n) is 4.45. The molecule has 2 amide bonds. The number of ether oxygens (including phenoxy) is 1. The van der Waals surface area contributed by atoms with E-state index in [9.17, 15) is 9.59 Å². The molecule has 1 saturated heterocycles. The summed E-state index contributed by atoms with van der Waals surface area (Å²) in [6, 6.07) is 15.6. The van der Waals surface area contributed by atoms with Crippen LogP contribution < -0.4 is 10.1 Å². The molecule has 1 heterocycles. The summed E-state index contributed by atoms with van der Waals surface area (Å²) in [6.07, 6.45) is 1.27. The van der Waals surface area contributed by atoms with Crippen LogP contribution in [0.15, 0.2) is 61.2 Å². The zero-order valence-corrected chi connectivity index (χ0v) is 14.8. The molecule has 5 heteroatoms. The third-order valence-corrected chi connectivity index (χ3v) is 4.45. The Morgan fingerprint density at radius 3 is 2.65 bits per heavy atom. The number of nitrogens with zero attached hydrogens (tertiary/aromatic N) is 1. The van der Waals surface area contributed by atoms with Crippen molar-refractivity contribution < 1.29 is 14.3 Å². The molecular formula is C21H22N2O3. The molecule has 0 unspecified atom stereocenters. The Bertz CT molecular complexity index is 811. The van der Waals surface area contributed by atoms with Crippen LogP contribution in [0, 0.1) is 12.8 Å². The van der Waals surface area contributed by atoms with Crippen molar-refractivity contribution in [3.8, 4) is 5.75 Å². The van der Waals surface area contributed by atoms with Crippen molar-refractivity contribution in [2.45, 2.75) is 13.5 Å². The molecule has 26 heavy (non-hydrogen) atoms. The number of benzene rings is 2. The number of hydrogen-bond donors (Lipinski definition) is 1. The van der Waals surface area contributed by atoms with E-state index in [2.05, 4.69) is 11.9 Å². The van der Waals surface area contributed by atoms with Crippen LogP contribution in [-0.4, -0.2) is 29.8 Å². The first-order valence-electron chi connectivity index (χ1n) is 8.56. The highest BCUT2D eigenvalue weighted by molar-refractivity contribution is 5.96. The normalized spacial score (nSPS) is 13.7. The predicted molar refractivity (Wildman–Crippen MR) is 101 cm³/mol. The molecule has 0 aromatic heterocycles. The molecule has 0 atom stereocenters. The first kappa shape index (κ1) is 17.7. The van der Waals surface area contributed by atoms with Gasteiger partial charge in [0, 0.05) is 24.8 Å². The molecule has 0 bridgehead atoms. The lowest BCUT2D eigenvalue weighted by atomic mass is 9.98. The summed E-state index contributed by atoms with van der Waals surface area (Å²) < 4.78 is 5.82. The number of nitrogens with one attached hydrogen (secondary N) is 1. The largest absolute Gasteiger partial charge is 0.489 e. The molecule has 134 valence electrons. The van der Waals surface area contributed by atoms with Crippen molar-refractivity contribution in [3.05, 3.63) is 72.3 Å². The van der Waals surface area contributed by atoms with Gasteiger partial charge in [0.15, 0.2) is 0 Å². The van der Waals surface area contributed by atoms with Crippen LogP contribution in [0.25, 0.3) is 0 Å². The van der Waals surface area contributed by atoms with Gasteiger partial charge in [0.2, 0.25) is 11.8 Å². The quantitative estimate of drug-likeness (QED) is 0.814. The Labute approximate surface area is 153 Å². The molecule has 2 aromatic carbocycles.